The molecule has 1 rings (SSSR count). The second kappa shape index (κ2) is 8.47. The van der Waals surface area contributed by atoms with Crippen LogP contribution in [0.4, 0.5) is 0 Å². The van der Waals surface area contributed by atoms with Crippen molar-refractivity contribution in [2.45, 2.75) is 19.8 Å². The predicted molar refractivity (Wildman–Crippen MR) is 46.8 cm³/mol. The molecular formula is C8H17N3O. The zero-order valence-electron chi connectivity index (χ0n) is 7.58. The number of hydrogen-bond donors (Lipinski definition) is 2. The molecule has 1 aliphatic rings. The Kier molecular flexibility index (Phi) is 8.02. The van der Waals surface area contributed by atoms with Crippen LogP contribution < -0.4 is 5.32 Å². The Bertz CT molecular complexity index is 127. The van der Waals surface area contributed by atoms with Crippen LogP contribution in [0.25, 0.3) is 0 Å². The number of nitrogens with one attached hydrogen (secondary N) is 1. The second-order valence-corrected chi connectivity index (χ2v) is 2.61. The van der Waals surface area contributed by atoms with Crippen LogP contribution in [0.15, 0.2) is 0 Å². The Morgan fingerprint density at radius 3 is 2.25 bits per heavy atom. The molecule has 2 N–H and O–H groups in total. The first-order chi connectivity index (χ1) is 5.81. The molecule has 4 nitrogen and oxygen atoms in total. The highest BCUT2D eigenvalue weighted by molar-refractivity contribution is 4.65. The molecule has 0 aliphatic carbocycles. The van der Waals surface area contributed by atoms with Crippen LogP contribution in [0, 0.1) is 11.3 Å². The molecule has 1 fully saturated rings. The van der Waals surface area contributed by atoms with Gasteiger partial charge in [-0.3, -0.25) is 0 Å². The van der Waals surface area contributed by atoms with Crippen LogP contribution in [0.3, 0.4) is 0 Å². The maximum Gasteiger partial charge on any atom is 0.0621 e. The van der Waals surface area contributed by atoms with Crippen molar-refractivity contribution >= 4 is 0 Å². The minimum atomic E-state index is 0.694. The van der Waals surface area contributed by atoms with Gasteiger partial charge in [-0.1, -0.05) is 6.92 Å². The largest absolute Gasteiger partial charge is 0.314 e. The fourth-order valence-corrected chi connectivity index (χ4v) is 0.765. The van der Waals surface area contributed by atoms with Crippen molar-refractivity contribution in [2.75, 3.05) is 26.2 Å². The molecule has 0 aromatic rings. The topological polar surface area (TPSA) is 59.3 Å². The van der Waals surface area contributed by atoms with Crippen molar-refractivity contribution in [2.24, 2.45) is 0 Å². The summed E-state index contributed by atoms with van der Waals surface area (Å²) in [7, 11) is 0. The Hall–Kier alpha value is -0.630. The van der Waals surface area contributed by atoms with Crippen LogP contribution in [-0.2, 0) is 0 Å². The van der Waals surface area contributed by atoms with E-state index in [9.17, 15) is 0 Å². The van der Waals surface area contributed by atoms with Gasteiger partial charge in [0.05, 0.1) is 6.07 Å². The molecule has 0 unspecified atom stereocenters. The molecule has 1 saturated heterocycles. The predicted octanol–water partition coefficient (Wildman–Crippen LogP) is 0.591. The lowest BCUT2D eigenvalue weighted by atomic mass is 10.4. The molecule has 0 amide bonds. The maximum absolute atomic E-state index is 8.70. The molecule has 0 aromatic heterocycles. The lowest BCUT2D eigenvalue weighted by Crippen LogP contribution is -2.41. The average Bonchev–Trinajstić information content (AvgIpc) is 2.08. The van der Waals surface area contributed by atoms with E-state index >= 15 is 0 Å². The molecule has 0 radical (unpaired) electrons. The highest BCUT2D eigenvalue weighted by Crippen LogP contribution is 1.82. The maximum atomic E-state index is 8.70. The quantitative estimate of drug-likeness (QED) is 0.606. The molecule has 0 aromatic carbocycles. The van der Waals surface area contributed by atoms with Gasteiger partial charge in [-0.15, -0.1) is 0 Å². The van der Waals surface area contributed by atoms with Gasteiger partial charge in [0, 0.05) is 32.6 Å². The highest BCUT2D eigenvalue weighted by atomic mass is 16.5. The third kappa shape index (κ3) is 7.48. The summed E-state index contributed by atoms with van der Waals surface area (Å²) >= 11 is 0. The van der Waals surface area contributed by atoms with E-state index in [0.29, 0.717) is 6.42 Å². The third-order valence-electron chi connectivity index (χ3n) is 1.46. The summed E-state index contributed by atoms with van der Waals surface area (Å²) in [4.78, 5) is 0. The minimum absolute atomic E-state index is 0.694. The molecule has 1 heterocycles. The monoisotopic (exact) mass is 171 g/mol. The van der Waals surface area contributed by atoms with Crippen LogP contribution >= 0.6 is 0 Å². The van der Waals surface area contributed by atoms with Crippen molar-refractivity contribution in [3.8, 4) is 6.07 Å². The number of rotatable bonds is 1. The Labute approximate surface area is 73.7 Å². The van der Waals surface area contributed by atoms with E-state index in [0.717, 1.165) is 32.6 Å². The first-order valence-electron chi connectivity index (χ1n) is 4.32. The molecule has 0 spiro atoms. The van der Waals surface area contributed by atoms with Gasteiger partial charge in [-0.05, 0) is 6.42 Å². The molecular weight excluding hydrogens is 154 g/mol. The molecule has 1 aliphatic heterocycles. The average molecular weight is 171 g/mol. The first-order valence-corrected chi connectivity index (χ1v) is 4.32. The van der Waals surface area contributed by atoms with Gasteiger partial charge < -0.3 is 10.5 Å². The minimum Gasteiger partial charge on any atom is -0.314 e. The molecule has 0 atom stereocenters. The Morgan fingerprint density at radius 2 is 2.08 bits per heavy atom. The second-order valence-electron chi connectivity index (χ2n) is 2.61. The third-order valence-corrected chi connectivity index (χ3v) is 1.46. The van der Waals surface area contributed by atoms with Gasteiger partial charge in [-0.2, -0.15) is 10.3 Å². The van der Waals surface area contributed by atoms with E-state index in [1.54, 1.807) is 0 Å². The van der Waals surface area contributed by atoms with Crippen molar-refractivity contribution in [3.63, 3.8) is 0 Å². The molecule has 4 heteroatoms. The summed E-state index contributed by atoms with van der Waals surface area (Å²) in [6, 6.07) is 2.02. The van der Waals surface area contributed by atoms with Gasteiger partial charge in [0.25, 0.3) is 0 Å². The van der Waals surface area contributed by atoms with E-state index in [1.165, 1.54) is 5.06 Å². The standard InChI is InChI=1S/C4H10N2O.C4H7N/c7-6-3-1-5-2-4-6;1-2-3-4-5/h5,7H,1-4H2;2-3H2,1H3. The number of unbranched alkanes of at least 4 members (excludes halogenated alkanes) is 1. The van der Waals surface area contributed by atoms with Gasteiger partial charge in [0.2, 0.25) is 0 Å². The van der Waals surface area contributed by atoms with E-state index in [1.807, 2.05) is 13.0 Å². The number of nitrogens with zero attached hydrogens (tertiary/aromatic N) is 2. The molecule has 0 saturated carbocycles. The first kappa shape index (κ1) is 11.4. The van der Waals surface area contributed by atoms with Gasteiger partial charge >= 0.3 is 0 Å². The normalized spacial score (nSPS) is 17.4. The van der Waals surface area contributed by atoms with E-state index in [-0.39, 0.29) is 0 Å². The summed E-state index contributed by atoms with van der Waals surface area (Å²) in [5.74, 6) is 0. The van der Waals surface area contributed by atoms with Gasteiger partial charge in [0.15, 0.2) is 0 Å². The number of hydroxylamine groups is 2. The fourth-order valence-electron chi connectivity index (χ4n) is 0.765. The Morgan fingerprint density at radius 1 is 1.50 bits per heavy atom. The van der Waals surface area contributed by atoms with Crippen LogP contribution in [0.1, 0.15) is 19.8 Å². The number of piperazine rings is 1. The van der Waals surface area contributed by atoms with E-state index in [4.69, 9.17) is 10.5 Å². The number of nitriles is 1. The zero-order chi connectivity index (χ0) is 9.23. The summed E-state index contributed by atoms with van der Waals surface area (Å²) in [5.41, 5.74) is 0. The summed E-state index contributed by atoms with van der Waals surface area (Å²) in [6.07, 6.45) is 1.68. The van der Waals surface area contributed by atoms with Gasteiger partial charge in [0.1, 0.15) is 0 Å². The van der Waals surface area contributed by atoms with Crippen LogP contribution in [0.5, 0.6) is 0 Å². The van der Waals surface area contributed by atoms with Gasteiger partial charge in [-0.25, -0.2) is 0 Å². The smallest absolute Gasteiger partial charge is 0.0621 e. The molecule has 0 bridgehead atoms. The van der Waals surface area contributed by atoms with E-state index in [2.05, 4.69) is 5.32 Å². The fraction of sp³-hybridized carbons (Fsp3) is 0.875. The van der Waals surface area contributed by atoms with Crippen LogP contribution in [-0.4, -0.2) is 36.4 Å². The highest BCUT2D eigenvalue weighted by Gasteiger charge is 2.03. The zero-order valence-corrected chi connectivity index (χ0v) is 7.58. The summed E-state index contributed by atoms with van der Waals surface area (Å²) in [5, 5.41) is 21.0. The SMILES string of the molecule is CCCC#N.ON1CCNCC1. The molecule has 70 valence electrons. The molecule has 12 heavy (non-hydrogen) atoms. The Balaban J connectivity index is 0.000000217. The lowest BCUT2D eigenvalue weighted by molar-refractivity contribution is -0.0976. The van der Waals surface area contributed by atoms with E-state index < -0.39 is 0 Å². The number of hydrogen-bond acceptors (Lipinski definition) is 4. The van der Waals surface area contributed by atoms with Crippen molar-refractivity contribution in [1.29, 1.82) is 5.26 Å². The van der Waals surface area contributed by atoms with Crippen molar-refractivity contribution in [1.82, 2.24) is 10.4 Å². The van der Waals surface area contributed by atoms with Crippen LogP contribution in [0.2, 0.25) is 0 Å². The summed E-state index contributed by atoms with van der Waals surface area (Å²) < 4.78 is 0. The summed E-state index contributed by atoms with van der Waals surface area (Å²) in [6.45, 7) is 5.34. The van der Waals surface area contributed by atoms with Crippen molar-refractivity contribution in [3.05, 3.63) is 0 Å². The lowest BCUT2D eigenvalue weighted by Gasteiger charge is -2.19. The van der Waals surface area contributed by atoms with Crippen molar-refractivity contribution < 1.29 is 5.21 Å².